The van der Waals surface area contributed by atoms with Gasteiger partial charge in [0.05, 0.1) is 23.9 Å². The Morgan fingerprint density at radius 3 is 2.67 bits per heavy atom. The number of rotatable bonds is 7. The molecule has 2 aromatic rings. The number of morpholine rings is 1. The van der Waals surface area contributed by atoms with Crippen molar-refractivity contribution in [1.82, 2.24) is 9.80 Å². The van der Waals surface area contributed by atoms with E-state index in [2.05, 4.69) is 15.2 Å². The predicted octanol–water partition coefficient (Wildman–Crippen LogP) is 3.77. The molecule has 2 heterocycles. The number of hydrogen-bond donors (Lipinski definition) is 1. The van der Waals surface area contributed by atoms with E-state index in [0.29, 0.717) is 42.8 Å². The number of aliphatic imine (C=N–C) groups is 1. The Labute approximate surface area is 200 Å². The molecule has 0 spiro atoms. The molecule has 2 aliphatic rings. The third-order valence-corrected chi connectivity index (χ3v) is 6.78. The second-order valence-corrected chi connectivity index (χ2v) is 9.24. The van der Waals surface area contributed by atoms with Crippen LogP contribution in [0, 0.1) is 5.82 Å². The minimum absolute atomic E-state index is 0.0235. The highest BCUT2D eigenvalue weighted by Crippen LogP contribution is 2.32. The predicted molar refractivity (Wildman–Crippen MR) is 129 cm³/mol. The molecule has 0 aromatic heterocycles. The molecule has 0 aliphatic carbocycles. The van der Waals surface area contributed by atoms with Gasteiger partial charge in [0.1, 0.15) is 11.1 Å². The summed E-state index contributed by atoms with van der Waals surface area (Å²) in [5.41, 5.74) is 1.12. The standard InChI is InChI=1S/C23H24ClFN4O3S/c24-18-14-17(6-7-19(18)25)27-23-29(9-8-28-10-12-32-13-11-28)22(31)20(33-23)15-21(30)26-16-4-2-1-3-5-16/h1-7,14,20H,8-13,15H2,(H,26,30)/t20-/m1/s1. The van der Waals surface area contributed by atoms with Crippen LogP contribution in [0.4, 0.5) is 15.8 Å². The van der Waals surface area contributed by atoms with Gasteiger partial charge in [-0.1, -0.05) is 41.6 Å². The molecule has 7 nitrogen and oxygen atoms in total. The van der Waals surface area contributed by atoms with Crippen molar-refractivity contribution in [3.8, 4) is 0 Å². The van der Waals surface area contributed by atoms with Gasteiger partial charge in [0, 0.05) is 38.3 Å². The van der Waals surface area contributed by atoms with E-state index >= 15 is 0 Å². The summed E-state index contributed by atoms with van der Waals surface area (Å²) in [5.74, 6) is -0.940. The fourth-order valence-corrected chi connectivity index (χ4v) is 4.92. The summed E-state index contributed by atoms with van der Waals surface area (Å²) < 4.78 is 18.9. The van der Waals surface area contributed by atoms with E-state index in [4.69, 9.17) is 16.3 Å². The van der Waals surface area contributed by atoms with Crippen LogP contribution in [0.25, 0.3) is 0 Å². The zero-order valence-electron chi connectivity index (χ0n) is 17.9. The lowest BCUT2D eigenvalue weighted by atomic mass is 10.2. The number of carbonyl (C=O) groups excluding carboxylic acids is 2. The largest absolute Gasteiger partial charge is 0.379 e. The van der Waals surface area contributed by atoms with Crippen LogP contribution in [0.2, 0.25) is 5.02 Å². The highest BCUT2D eigenvalue weighted by molar-refractivity contribution is 8.15. The number of halogens is 2. The minimum atomic E-state index is -0.590. The number of para-hydroxylation sites is 1. The lowest BCUT2D eigenvalue weighted by Crippen LogP contribution is -2.43. The normalized spacial score (nSPS) is 20.4. The molecule has 0 saturated carbocycles. The lowest BCUT2D eigenvalue weighted by molar-refractivity contribution is -0.128. The maximum atomic E-state index is 13.6. The van der Waals surface area contributed by atoms with Crippen molar-refractivity contribution in [2.75, 3.05) is 44.7 Å². The van der Waals surface area contributed by atoms with Gasteiger partial charge in [-0.25, -0.2) is 9.38 Å². The SMILES string of the molecule is O=C(C[C@H]1SC(=Nc2ccc(F)c(Cl)c2)N(CCN2CCOCC2)C1=O)Nc1ccccc1. The number of anilines is 1. The maximum absolute atomic E-state index is 13.6. The summed E-state index contributed by atoms with van der Waals surface area (Å²) in [6, 6.07) is 13.3. The number of amides is 2. The van der Waals surface area contributed by atoms with Crippen LogP contribution in [-0.2, 0) is 14.3 Å². The van der Waals surface area contributed by atoms with Gasteiger partial charge in [-0.05, 0) is 30.3 Å². The average molecular weight is 491 g/mol. The number of ether oxygens (including phenoxy) is 1. The molecular weight excluding hydrogens is 467 g/mol. The molecule has 2 amide bonds. The maximum Gasteiger partial charge on any atom is 0.242 e. The van der Waals surface area contributed by atoms with Crippen molar-refractivity contribution in [3.63, 3.8) is 0 Å². The molecule has 2 saturated heterocycles. The summed E-state index contributed by atoms with van der Waals surface area (Å²) >= 11 is 7.14. The van der Waals surface area contributed by atoms with Gasteiger partial charge in [-0.15, -0.1) is 0 Å². The number of nitrogens with zero attached hydrogens (tertiary/aromatic N) is 3. The van der Waals surface area contributed by atoms with Gasteiger partial charge in [-0.3, -0.25) is 19.4 Å². The van der Waals surface area contributed by atoms with Crippen LogP contribution in [0.15, 0.2) is 53.5 Å². The molecule has 10 heteroatoms. The molecule has 1 N–H and O–H groups in total. The summed E-state index contributed by atoms with van der Waals surface area (Å²) in [6.45, 7) is 4.05. The van der Waals surface area contributed by atoms with E-state index in [9.17, 15) is 14.0 Å². The lowest BCUT2D eigenvalue weighted by Gasteiger charge is -2.28. The van der Waals surface area contributed by atoms with Crippen LogP contribution >= 0.6 is 23.4 Å². The highest BCUT2D eigenvalue weighted by Gasteiger charge is 2.39. The molecule has 4 rings (SSSR count). The van der Waals surface area contributed by atoms with Gasteiger partial charge in [0.15, 0.2) is 5.17 Å². The number of thioether (sulfide) groups is 1. The molecule has 1 atom stereocenters. The first kappa shape index (κ1) is 23.7. The third-order valence-electron chi connectivity index (χ3n) is 5.32. The smallest absolute Gasteiger partial charge is 0.242 e. The zero-order chi connectivity index (χ0) is 23.2. The van der Waals surface area contributed by atoms with Gasteiger partial charge in [0.25, 0.3) is 0 Å². The van der Waals surface area contributed by atoms with E-state index in [1.54, 1.807) is 17.0 Å². The average Bonchev–Trinajstić information content (AvgIpc) is 3.10. The third kappa shape index (κ3) is 6.32. The Kier molecular flexibility index (Phi) is 7.97. The van der Waals surface area contributed by atoms with Crippen LogP contribution < -0.4 is 5.32 Å². The second kappa shape index (κ2) is 11.1. The van der Waals surface area contributed by atoms with Gasteiger partial charge in [-0.2, -0.15) is 0 Å². The second-order valence-electron chi connectivity index (χ2n) is 7.66. The summed E-state index contributed by atoms with van der Waals surface area (Å²) in [7, 11) is 0. The van der Waals surface area contributed by atoms with E-state index in [0.717, 1.165) is 13.1 Å². The summed E-state index contributed by atoms with van der Waals surface area (Å²) in [6.07, 6.45) is 0.0235. The Hall–Kier alpha value is -2.46. The Morgan fingerprint density at radius 2 is 1.94 bits per heavy atom. The van der Waals surface area contributed by atoms with Crippen molar-refractivity contribution in [2.45, 2.75) is 11.7 Å². The Bertz CT molecular complexity index is 1030. The van der Waals surface area contributed by atoms with Gasteiger partial charge < -0.3 is 10.1 Å². The number of carbonyl (C=O) groups is 2. The monoisotopic (exact) mass is 490 g/mol. The molecule has 0 bridgehead atoms. The number of amidine groups is 1. The molecule has 0 unspecified atom stereocenters. The van der Waals surface area contributed by atoms with Crippen molar-refractivity contribution in [2.24, 2.45) is 4.99 Å². The molecule has 0 radical (unpaired) electrons. The molecule has 2 aliphatic heterocycles. The van der Waals surface area contributed by atoms with E-state index < -0.39 is 11.1 Å². The van der Waals surface area contributed by atoms with Gasteiger partial charge in [0.2, 0.25) is 11.8 Å². The fourth-order valence-electron chi connectivity index (χ4n) is 3.56. The van der Waals surface area contributed by atoms with E-state index in [1.807, 2.05) is 18.2 Å². The van der Waals surface area contributed by atoms with Crippen LogP contribution in [0.1, 0.15) is 6.42 Å². The minimum Gasteiger partial charge on any atom is -0.379 e. The first-order chi connectivity index (χ1) is 16.0. The topological polar surface area (TPSA) is 74.2 Å². The molecule has 2 aromatic carbocycles. The van der Waals surface area contributed by atoms with E-state index in [1.165, 1.54) is 30.0 Å². The van der Waals surface area contributed by atoms with Crippen molar-refractivity contribution in [1.29, 1.82) is 0 Å². The Balaban J connectivity index is 1.49. The van der Waals surface area contributed by atoms with Crippen molar-refractivity contribution < 1.29 is 18.7 Å². The Morgan fingerprint density at radius 1 is 1.18 bits per heavy atom. The molecule has 33 heavy (non-hydrogen) atoms. The van der Waals surface area contributed by atoms with Crippen molar-refractivity contribution in [3.05, 3.63) is 59.4 Å². The number of benzene rings is 2. The molecule has 174 valence electrons. The fraction of sp³-hybridized carbons (Fsp3) is 0.348. The van der Waals surface area contributed by atoms with Gasteiger partial charge >= 0.3 is 0 Å². The van der Waals surface area contributed by atoms with E-state index in [-0.39, 0.29) is 23.3 Å². The molecule has 2 fully saturated rings. The summed E-state index contributed by atoms with van der Waals surface area (Å²) in [4.78, 5) is 34.1. The first-order valence-corrected chi connectivity index (χ1v) is 11.9. The molecular formula is C23H24ClFN4O3S. The first-order valence-electron chi connectivity index (χ1n) is 10.7. The summed E-state index contributed by atoms with van der Waals surface area (Å²) in [5, 5.41) is 2.68. The number of nitrogens with one attached hydrogen (secondary N) is 1. The van der Waals surface area contributed by atoms with Crippen LogP contribution in [-0.4, -0.2) is 71.4 Å². The van der Waals surface area contributed by atoms with Crippen molar-refractivity contribution >= 4 is 51.7 Å². The van der Waals surface area contributed by atoms with Crippen LogP contribution in [0.5, 0.6) is 0 Å². The number of hydrogen-bond acceptors (Lipinski definition) is 6. The highest BCUT2D eigenvalue weighted by atomic mass is 35.5. The zero-order valence-corrected chi connectivity index (χ0v) is 19.4. The van der Waals surface area contributed by atoms with Crippen LogP contribution in [0.3, 0.4) is 0 Å². The quantitative estimate of drug-likeness (QED) is 0.639.